The van der Waals surface area contributed by atoms with Crippen molar-refractivity contribution in [1.82, 2.24) is 19.7 Å². The Bertz CT molecular complexity index is 1310. The van der Waals surface area contributed by atoms with Crippen LogP contribution in [0.4, 0.5) is 5.69 Å². The van der Waals surface area contributed by atoms with Crippen LogP contribution in [0.15, 0.2) is 61.3 Å². The third kappa shape index (κ3) is 5.44. The second-order valence-electron chi connectivity index (χ2n) is 7.44. The maximum atomic E-state index is 12.4. The van der Waals surface area contributed by atoms with E-state index in [2.05, 4.69) is 15.5 Å². The summed E-state index contributed by atoms with van der Waals surface area (Å²) in [5, 5.41) is 11.1. The predicted molar refractivity (Wildman–Crippen MR) is 125 cm³/mol. The van der Waals surface area contributed by atoms with Crippen LogP contribution in [0, 0.1) is 0 Å². The Balaban J connectivity index is 1.38. The van der Waals surface area contributed by atoms with Crippen LogP contribution in [0.3, 0.4) is 0 Å². The molecule has 0 bridgehead atoms. The zero-order valence-corrected chi connectivity index (χ0v) is 19.2. The first kappa shape index (κ1) is 22.6. The summed E-state index contributed by atoms with van der Waals surface area (Å²) >= 11 is 1.14. The highest BCUT2D eigenvalue weighted by atomic mass is 32.2. The molecule has 0 radical (unpaired) electrons. The van der Waals surface area contributed by atoms with Crippen molar-refractivity contribution in [3.63, 3.8) is 0 Å². The van der Waals surface area contributed by atoms with Gasteiger partial charge >= 0.3 is 5.76 Å². The van der Waals surface area contributed by atoms with Crippen LogP contribution < -0.4 is 15.8 Å². The molecule has 0 fully saturated rings. The van der Waals surface area contributed by atoms with Crippen molar-refractivity contribution in [1.29, 1.82) is 0 Å². The summed E-state index contributed by atoms with van der Waals surface area (Å²) in [7, 11) is 5.46. The van der Waals surface area contributed by atoms with E-state index in [0.717, 1.165) is 23.1 Å². The fourth-order valence-electron chi connectivity index (χ4n) is 3.09. The fourth-order valence-corrected chi connectivity index (χ4v) is 3.66. The van der Waals surface area contributed by atoms with Crippen LogP contribution in [0.25, 0.3) is 22.6 Å². The number of methoxy groups -OCH3 is 1. The molecule has 2 heterocycles. The maximum Gasteiger partial charge on any atom is 0.419 e. The molecule has 11 heteroatoms. The average molecular weight is 470 g/mol. The monoisotopic (exact) mass is 469 g/mol. The molecule has 1 amide bonds. The summed E-state index contributed by atoms with van der Waals surface area (Å²) < 4.78 is 17.6. The molecular weight excluding hydrogens is 446 g/mol. The molecule has 0 saturated heterocycles. The van der Waals surface area contributed by atoms with Crippen LogP contribution in [0.2, 0.25) is 0 Å². The number of hydrogen-bond donors (Lipinski definition) is 1. The molecule has 0 aliphatic rings. The lowest BCUT2D eigenvalue weighted by Gasteiger charge is -2.10. The zero-order valence-electron chi connectivity index (χ0n) is 18.4. The molecule has 172 valence electrons. The number of benzene rings is 2. The molecule has 10 nitrogen and oxygen atoms in total. The van der Waals surface area contributed by atoms with Crippen molar-refractivity contribution in [2.24, 2.45) is 0 Å². The molecule has 4 aromatic rings. The van der Waals surface area contributed by atoms with E-state index < -0.39 is 5.76 Å². The van der Waals surface area contributed by atoms with Gasteiger partial charge in [-0.1, -0.05) is 11.8 Å². The minimum Gasteiger partial charge on any atom is -0.497 e. The second kappa shape index (κ2) is 9.92. The Morgan fingerprint density at radius 2 is 1.94 bits per heavy atom. The van der Waals surface area contributed by atoms with E-state index in [0.29, 0.717) is 41.0 Å². The lowest BCUT2D eigenvalue weighted by atomic mass is 10.2. The standard InChI is InChI=1S/C22H23N5O5S/c1-26(2)10-11-27-17-12-15(6-9-18(17)31-22(27)29)23-19(28)13-33-21-25-24-20(32-21)14-4-7-16(30-3)8-5-14/h4-9,12H,10-11,13H2,1-3H3,(H,23,28). The minimum atomic E-state index is -0.421. The van der Waals surface area contributed by atoms with E-state index in [1.807, 2.05) is 31.1 Å². The Hall–Kier alpha value is -3.57. The number of hydrogen-bond acceptors (Lipinski definition) is 9. The average Bonchev–Trinajstić information content (AvgIpc) is 3.40. The third-order valence-corrected chi connectivity index (χ3v) is 5.61. The van der Waals surface area contributed by atoms with Gasteiger partial charge in [0.1, 0.15) is 5.75 Å². The fraction of sp³-hybridized carbons (Fsp3) is 0.273. The van der Waals surface area contributed by atoms with Crippen molar-refractivity contribution in [2.45, 2.75) is 11.8 Å². The highest BCUT2D eigenvalue weighted by molar-refractivity contribution is 7.99. The van der Waals surface area contributed by atoms with Crippen LogP contribution >= 0.6 is 11.8 Å². The number of amides is 1. The van der Waals surface area contributed by atoms with Gasteiger partial charge in [-0.15, -0.1) is 10.2 Å². The quantitative estimate of drug-likeness (QED) is 0.369. The maximum absolute atomic E-state index is 12.4. The van der Waals surface area contributed by atoms with Gasteiger partial charge in [-0.25, -0.2) is 4.79 Å². The zero-order chi connectivity index (χ0) is 23.4. The highest BCUT2D eigenvalue weighted by Gasteiger charge is 2.14. The van der Waals surface area contributed by atoms with Gasteiger partial charge in [0.25, 0.3) is 5.22 Å². The van der Waals surface area contributed by atoms with E-state index in [4.69, 9.17) is 13.6 Å². The van der Waals surface area contributed by atoms with Crippen molar-refractivity contribution in [2.75, 3.05) is 38.8 Å². The van der Waals surface area contributed by atoms with Gasteiger partial charge in [-0.05, 0) is 56.6 Å². The Labute approximate surface area is 193 Å². The Morgan fingerprint density at radius 3 is 2.67 bits per heavy atom. The van der Waals surface area contributed by atoms with E-state index >= 15 is 0 Å². The number of likely N-dealkylation sites (N-methyl/N-ethyl adjacent to an activating group) is 1. The second-order valence-corrected chi connectivity index (χ2v) is 8.37. The first-order chi connectivity index (χ1) is 15.9. The molecule has 0 aliphatic heterocycles. The van der Waals surface area contributed by atoms with Crippen LogP contribution in [-0.2, 0) is 11.3 Å². The van der Waals surface area contributed by atoms with Gasteiger partial charge in [0.15, 0.2) is 5.58 Å². The molecular formula is C22H23N5O5S. The van der Waals surface area contributed by atoms with E-state index in [9.17, 15) is 9.59 Å². The number of thioether (sulfide) groups is 1. The minimum absolute atomic E-state index is 0.0844. The summed E-state index contributed by atoms with van der Waals surface area (Å²) in [5.74, 6) is 0.514. The summed E-state index contributed by atoms with van der Waals surface area (Å²) in [4.78, 5) is 26.6. The van der Waals surface area contributed by atoms with Gasteiger partial charge in [0, 0.05) is 24.3 Å². The third-order valence-electron chi connectivity index (χ3n) is 4.79. The molecule has 0 aliphatic carbocycles. The van der Waals surface area contributed by atoms with Gasteiger partial charge in [0.2, 0.25) is 11.8 Å². The van der Waals surface area contributed by atoms with E-state index in [-0.39, 0.29) is 11.7 Å². The number of fused-ring (bicyclic) bond motifs is 1. The number of oxazole rings is 1. The Morgan fingerprint density at radius 1 is 1.15 bits per heavy atom. The number of carbonyl (C=O) groups is 1. The number of nitrogens with zero attached hydrogens (tertiary/aromatic N) is 4. The smallest absolute Gasteiger partial charge is 0.419 e. The summed E-state index contributed by atoms with van der Waals surface area (Å²) in [5.41, 5.74) is 2.43. The lowest BCUT2D eigenvalue weighted by Crippen LogP contribution is -2.23. The molecule has 1 N–H and O–H groups in total. The molecule has 0 unspecified atom stereocenters. The number of rotatable bonds is 9. The van der Waals surface area contributed by atoms with E-state index in [1.165, 1.54) is 0 Å². The van der Waals surface area contributed by atoms with Crippen LogP contribution in [-0.4, -0.2) is 59.1 Å². The van der Waals surface area contributed by atoms with Gasteiger partial charge in [-0.3, -0.25) is 9.36 Å². The van der Waals surface area contributed by atoms with Crippen LogP contribution in [0.1, 0.15) is 0 Å². The first-order valence-electron chi connectivity index (χ1n) is 10.1. The number of carbonyl (C=O) groups excluding carboxylic acids is 1. The number of aromatic nitrogens is 3. The molecule has 2 aromatic carbocycles. The van der Waals surface area contributed by atoms with Crippen molar-refractivity contribution < 1.29 is 18.4 Å². The first-order valence-corrected chi connectivity index (χ1v) is 11.1. The Kier molecular flexibility index (Phi) is 6.80. The topological polar surface area (TPSA) is 116 Å². The highest BCUT2D eigenvalue weighted by Crippen LogP contribution is 2.25. The van der Waals surface area contributed by atoms with E-state index in [1.54, 1.807) is 42.0 Å². The molecule has 2 aromatic heterocycles. The summed E-state index contributed by atoms with van der Waals surface area (Å²) in [6.07, 6.45) is 0. The molecule has 0 saturated carbocycles. The predicted octanol–water partition coefficient (Wildman–Crippen LogP) is 2.95. The number of anilines is 1. The van der Waals surface area contributed by atoms with Gasteiger partial charge in [0.05, 0.1) is 18.4 Å². The largest absolute Gasteiger partial charge is 0.497 e. The van der Waals surface area contributed by atoms with Gasteiger partial charge < -0.3 is 23.8 Å². The number of nitrogens with one attached hydrogen (secondary N) is 1. The summed E-state index contributed by atoms with van der Waals surface area (Å²) in [6, 6.07) is 12.3. The van der Waals surface area contributed by atoms with Crippen LogP contribution in [0.5, 0.6) is 5.75 Å². The van der Waals surface area contributed by atoms with Crippen molar-refractivity contribution in [3.8, 4) is 17.2 Å². The lowest BCUT2D eigenvalue weighted by molar-refractivity contribution is -0.113. The van der Waals surface area contributed by atoms with Gasteiger partial charge in [-0.2, -0.15) is 0 Å². The SMILES string of the molecule is COc1ccc(-c2nnc(SCC(=O)Nc3ccc4oc(=O)n(CCN(C)C)c4c3)o2)cc1. The normalized spacial score (nSPS) is 11.3. The molecule has 33 heavy (non-hydrogen) atoms. The molecule has 4 rings (SSSR count). The van der Waals surface area contributed by atoms with Crippen molar-refractivity contribution in [3.05, 3.63) is 53.0 Å². The molecule has 0 atom stereocenters. The number of ether oxygens (including phenoxy) is 1. The summed E-state index contributed by atoms with van der Waals surface area (Å²) in [6.45, 7) is 1.17. The molecule has 0 spiro atoms. The van der Waals surface area contributed by atoms with Crippen molar-refractivity contribution >= 4 is 34.5 Å².